The van der Waals surface area contributed by atoms with Gasteiger partial charge in [0, 0.05) is 19.8 Å². The maximum Gasteiger partial charge on any atom is 0.338 e. The van der Waals surface area contributed by atoms with Gasteiger partial charge in [-0.3, -0.25) is 4.79 Å². The molecule has 1 N–H and O–H groups in total. The minimum Gasteiger partial charge on any atom is -0.497 e. The molecule has 0 radical (unpaired) electrons. The number of nitrogens with one attached hydrogen (secondary N) is 1. The van der Waals surface area contributed by atoms with Crippen LogP contribution < -0.4 is 10.1 Å². The van der Waals surface area contributed by atoms with Gasteiger partial charge in [0.2, 0.25) is 10.0 Å². The fourth-order valence-corrected chi connectivity index (χ4v) is 4.19. The van der Waals surface area contributed by atoms with Crippen LogP contribution in [0.25, 0.3) is 10.8 Å². The second kappa shape index (κ2) is 9.37. The number of rotatable bonds is 7. The Balaban J connectivity index is 1.66. The number of anilines is 1. The number of sulfonamides is 1. The molecule has 1 amide bonds. The van der Waals surface area contributed by atoms with E-state index in [0.29, 0.717) is 16.9 Å². The maximum atomic E-state index is 12.4. The van der Waals surface area contributed by atoms with E-state index in [1.54, 1.807) is 50.4 Å². The van der Waals surface area contributed by atoms with Crippen molar-refractivity contribution in [3.8, 4) is 5.75 Å². The van der Waals surface area contributed by atoms with Crippen LogP contribution in [-0.2, 0) is 19.6 Å². The molecule has 0 saturated heterocycles. The molecule has 0 aliphatic carbocycles. The van der Waals surface area contributed by atoms with Crippen LogP contribution in [0.4, 0.5) is 5.69 Å². The van der Waals surface area contributed by atoms with E-state index in [2.05, 4.69) is 5.32 Å². The Morgan fingerprint density at radius 3 is 2.34 bits per heavy atom. The van der Waals surface area contributed by atoms with Crippen LogP contribution in [0.5, 0.6) is 5.75 Å². The van der Waals surface area contributed by atoms with Crippen molar-refractivity contribution in [2.75, 3.05) is 33.1 Å². The number of amides is 1. The molecule has 0 spiro atoms. The third kappa shape index (κ3) is 5.06. The number of hydrogen-bond donors (Lipinski definition) is 1. The van der Waals surface area contributed by atoms with E-state index in [-0.39, 0.29) is 10.6 Å². The number of carbonyl (C=O) groups excluding carboxylic acids is 2. The molecular formula is C23H24N2O6S. The lowest BCUT2D eigenvalue weighted by atomic mass is 10.1. The van der Waals surface area contributed by atoms with E-state index in [9.17, 15) is 18.0 Å². The van der Waals surface area contributed by atoms with Crippen LogP contribution in [0.15, 0.2) is 59.5 Å². The second-order valence-corrected chi connectivity index (χ2v) is 9.44. The summed E-state index contributed by atoms with van der Waals surface area (Å²) in [5.74, 6) is -0.513. The van der Waals surface area contributed by atoms with Gasteiger partial charge in [-0.15, -0.1) is 0 Å². The minimum absolute atomic E-state index is 0.0880. The van der Waals surface area contributed by atoms with Gasteiger partial charge in [-0.05, 0) is 59.7 Å². The van der Waals surface area contributed by atoms with Crippen LogP contribution in [0.3, 0.4) is 0 Å². The molecule has 0 bridgehead atoms. The first-order valence-corrected chi connectivity index (χ1v) is 11.1. The minimum atomic E-state index is -3.66. The Morgan fingerprint density at radius 2 is 1.66 bits per heavy atom. The molecule has 0 saturated carbocycles. The number of aryl methyl sites for hydroxylation is 1. The zero-order valence-corrected chi connectivity index (χ0v) is 19.0. The lowest BCUT2D eigenvalue weighted by Crippen LogP contribution is -2.24. The van der Waals surface area contributed by atoms with Gasteiger partial charge in [-0.1, -0.05) is 18.2 Å². The molecule has 0 fully saturated rings. The highest BCUT2D eigenvalue weighted by Crippen LogP contribution is 2.23. The Kier molecular flexibility index (Phi) is 6.81. The average Bonchev–Trinajstić information content (AvgIpc) is 2.77. The molecule has 0 aromatic heterocycles. The molecular weight excluding hydrogens is 432 g/mol. The third-order valence-electron chi connectivity index (χ3n) is 4.85. The molecule has 0 heterocycles. The first-order chi connectivity index (χ1) is 15.1. The van der Waals surface area contributed by atoms with Crippen molar-refractivity contribution < 1.29 is 27.5 Å². The molecule has 8 nitrogen and oxygen atoms in total. The number of esters is 1. The molecule has 3 aromatic rings. The second-order valence-electron chi connectivity index (χ2n) is 7.32. The molecule has 0 unspecified atom stereocenters. The average molecular weight is 457 g/mol. The fourth-order valence-electron chi connectivity index (χ4n) is 3.04. The third-order valence-corrected chi connectivity index (χ3v) is 6.81. The SMILES string of the molecule is COc1ccc2cc(C(=O)OCC(=O)Nc3ccc(C)c(S(=O)(=O)N(C)C)c3)ccc2c1. The van der Waals surface area contributed by atoms with Crippen molar-refractivity contribution in [2.24, 2.45) is 0 Å². The zero-order valence-electron chi connectivity index (χ0n) is 18.2. The Hall–Kier alpha value is -3.43. The number of benzene rings is 3. The van der Waals surface area contributed by atoms with E-state index in [1.807, 2.05) is 12.1 Å². The van der Waals surface area contributed by atoms with Crippen molar-refractivity contribution in [1.29, 1.82) is 0 Å². The van der Waals surface area contributed by atoms with E-state index >= 15 is 0 Å². The first-order valence-electron chi connectivity index (χ1n) is 9.70. The summed E-state index contributed by atoms with van der Waals surface area (Å²) in [5.41, 5.74) is 1.15. The Morgan fingerprint density at radius 1 is 0.969 bits per heavy atom. The van der Waals surface area contributed by atoms with Crippen molar-refractivity contribution in [1.82, 2.24) is 4.31 Å². The van der Waals surface area contributed by atoms with Gasteiger partial charge in [0.05, 0.1) is 17.6 Å². The van der Waals surface area contributed by atoms with E-state index in [0.717, 1.165) is 15.1 Å². The summed E-state index contributed by atoms with van der Waals surface area (Å²) < 4.78 is 36.3. The highest BCUT2D eigenvalue weighted by atomic mass is 32.2. The molecule has 0 atom stereocenters. The molecule has 168 valence electrons. The Bertz CT molecular complexity index is 1280. The lowest BCUT2D eigenvalue weighted by Gasteiger charge is -2.15. The van der Waals surface area contributed by atoms with Crippen molar-refractivity contribution >= 4 is 38.4 Å². The predicted octanol–water partition coefficient (Wildman–Crippen LogP) is 3.20. The van der Waals surface area contributed by atoms with Crippen LogP contribution in [0.2, 0.25) is 0 Å². The van der Waals surface area contributed by atoms with Crippen LogP contribution in [0.1, 0.15) is 15.9 Å². The number of hydrogen-bond acceptors (Lipinski definition) is 6. The molecule has 32 heavy (non-hydrogen) atoms. The van der Waals surface area contributed by atoms with Crippen molar-refractivity contribution in [3.05, 3.63) is 65.7 Å². The Labute approximate surface area is 186 Å². The topological polar surface area (TPSA) is 102 Å². The van der Waals surface area contributed by atoms with E-state index < -0.39 is 28.5 Å². The largest absolute Gasteiger partial charge is 0.497 e. The van der Waals surface area contributed by atoms with Crippen LogP contribution in [-0.4, -0.2) is 52.4 Å². The van der Waals surface area contributed by atoms with Crippen molar-refractivity contribution in [3.63, 3.8) is 0 Å². The van der Waals surface area contributed by atoms with Gasteiger partial charge >= 0.3 is 5.97 Å². The number of fused-ring (bicyclic) bond motifs is 1. The highest BCUT2D eigenvalue weighted by Gasteiger charge is 2.20. The molecule has 0 aliphatic rings. The van der Waals surface area contributed by atoms with Crippen molar-refractivity contribution in [2.45, 2.75) is 11.8 Å². The predicted molar refractivity (Wildman–Crippen MR) is 121 cm³/mol. The normalized spacial score (nSPS) is 11.4. The molecule has 0 aliphatic heterocycles. The smallest absolute Gasteiger partial charge is 0.338 e. The van der Waals surface area contributed by atoms with Gasteiger partial charge in [-0.25, -0.2) is 17.5 Å². The zero-order chi connectivity index (χ0) is 23.5. The maximum absolute atomic E-state index is 12.4. The van der Waals surface area contributed by atoms with E-state index in [4.69, 9.17) is 9.47 Å². The summed E-state index contributed by atoms with van der Waals surface area (Å²) in [6, 6.07) is 15.1. The molecule has 3 aromatic carbocycles. The summed E-state index contributed by atoms with van der Waals surface area (Å²) in [5, 5.41) is 4.29. The number of carbonyl (C=O) groups is 2. The van der Waals surface area contributed by atoms with Crippen LogP contribution in [0, 0.1) is 6.92 Å². The summed E-state index contributed by atoms with van der Waals surface area (Å²) in [6.07, 6.45) is 0. The van der Waals surface area contributed by atoms with E-state index in [1.165, 1.54) is 20.2 Å². The summed E-state index contributed by atoms with van der Waals surface area (Å²) in [6.45, 7) is 1.16. The highest BCUT2D eigenvalue weighted by molar-refractivity contribution is 7.89. The standard InChI is InChI=1S/C23H24N2O6S/c1-15-5-9-19(13-21(15)32(28,29)25(2)3)24-22(26)14-31-23(27)18-7-6-17-12-20(30-4)10-8-16(17)11-18/h5-13H,14H2,1-4H3,(H,24,26). The summed E-state index contributed by atoms with van der Waals surface area (Å²) >= 11 is 0. The lowest BCUT2D eigenvalue weighted by molar-refractivity contribution is -0.119. The molecule has 9 heteroatoms. The number of ether oxygens (including phenoxy) is 2. The van der Waals surface area contributed by atoms with Crippen LogP contribution >= 0.6 is 0 Å². The van der Waals surface area contributed by atoms with Gasteiger partial charge in [0.1, 0.15) is 5.75 Å². The summed E-state index contributed by atoms with van der Waals surface area (Å²) in [4.78, 5) is 24.7. The van der Waals surface area contributed by atoms with Gasteiger partial charge in [-0.2, -0.15) is 0 Å². The quantitative estimate of drug-likeness (QED) is 0.548. The monoisotopic (exact) mass is 456 g/mol. The first kappa shape index (κ1) is 23.2. The van der Waals surface area contributed by atoms with Gasteiger partial charge < -0.3 is 14.8 Å². The number of methoxy groups -OCH3 is 1. The summed E-state index contributed by atoms with van der Waals surface area (Å²) in [7, 11) is 0.785. The van der Waals surface area contributed by atoms with Gasteiger partial charge in [0.15, 0.2) is 6.61 Å². The van der Waals surface area contributed by atoms with Gasteiger partial charge in [0.25, 0.3) is 5.91 Å². The fraction of sp³-hybridized carbons (Fsp3) is 0.217. The molecule has 3 rings (SSSR count). The number of nitrogens with zero attached hydrogens (tertiary/aromatic N) is 1.